The van der Waals surface area contributed by atoms with Crippen LogP contribution in [0.4, 0.5) is 0 Å². The van der Waals surface area contributed by atoms with Crippen LogP contribution >= 0.6 is 0 Å². The molecule has 113 heavy (non-hydrogen) atoms. The molecule has 0 saturated heterocycles. The largest absolute Gasteiger partial charge is 0.494 e. The van der Waals surface area contributed by atoms with Crippen LogP contribution in [-0.4, -0.2) is 202 Å². The molecule has 674 valence electrons. The Kier molecular flexibility index (Phi) is 47.0. The van der Waals surface area contributed by atoms with Crippen LogP contribution in [0, 0.1) is 6.92 Å². The topological polar surface area (TPSA) is 120 Å². The molecule has 0 aromatic heterocycles. The average molecular weight is 1960 g/mol. The number of allylic oxidation sites excluding steroid dienone is 1. The zero-order chi connectivity index (χ0) is 89.1. The summed E-state index contributed by atoms with van der Waals surface area (Å²) in [6, 6.07) is 24.5. The van der Waals surface area contributed by atoms with E-state index in [2.05, 4.69) is 301 Å². The molecule has 0 aliphatic rings. The van der Waals surface area contributed by atoms with Gasteiger partial charge in [0.2, 0.25) is 0 Å². The first-order valence-corrected chi connectivity index (χ1v) is 113. The summed E-state index contributed by atoms with van der Waals surface area (Å²) in [5, 5.41) is 0. The van der Waals surface area contributed by atoms with Crippen LogP contribution in [0.15, 0.2) is 24.5 Å². The smallest absolute Gasteiger partial charge is 0.199 e. The van der Waals surface area contributed by atoms with Gasteiger partial charge in [-0.3, -0.25) is 0 Å². The van der Waals surface area contributed by atoms with Crippen molar-refractivity contribution in [2.24, 2.45) is 0 Å². The lowest BCUT2D eigenvalue weighted by molar-refractivity contribution is 0.160. The van der Waals surface area contributed by atoms with Crippen LogP contribution in [-0.2, 0) is 54.7 Å². The van der Waals surface area contributed by atoms with E-state index in [1.54, 1.807) is 0 Å². The minimum atomic E-state index is -1.95. The fourth-order valence-electron chi connectivity index (χ4n) is 16.8. The van der Waals surface area contributed by atoms with Gasteiger partial charge in [-0.2, -0.15) is 0 Å². The van der Waals surface area contributed by atoms with Gasteiger partial charge in [0.05, 0.1) is 12.8 Å². The molecule has 0 spiro atoms. The van der Waals surface area contributed by atoms with E-state index in [0.29, 0.717) is 12.4 Å². The van der Waals surface area contributed by atoms with Crippen LogP contribution in [0.1, 0.15) is 32.6 Å². The van der Waals surface area contributed by atoms with E-state index in [1.165, 1.54) is 103 Å². The highest BCUT2D eigenvalue weighted by atomic mass is 28.5. The molecule has 0 fully saturated rings. The summed E-state index contributed by atoms with van der Waals surface area (Å²) in [6.45, 7) is 125. The van der Waals surface area contributed by atoms with Gasteiger partial charge in [-0.05, 0) is 454 Å². The SMILES string of the molecule is [CH]CCCCOC[Si](C)(C)O[Si](C)(C)CC[Si](C)(C)O[Si](C)(C)CC[Si](C)(C)O[Si](C)(C)CC[Si](C)(C)O[Si](C)(C)CC[Si](C)(C)O[Si](C)(C)CC[Si](C)(C)O[Si](C)(C)CC[Si](C)(C)O[Si](C)(C)CC[Si](C)(C)O[Si](C)(C)CC[Si](C)(C)O[Si](C)(C)CC[Si](C)(C)O[Si](C)(C)CC[Si](C)(C)O[Si](C)(C)CCCOC(=C)C(=C)C. The molecule has 0 aromatic carbocycles. The van der Waals surface area contributed by atoms with Crippen molar-refractivity contribution in [2.75, 3.05) is 19.4 Å². The third-order valence-corrected chi connectivity index (χ3v) is 107. The summed E-state index contributed by atoms with van der Waals surface area (Å²) in [7, 11) is -42.2. The molecule has 0 atom stereocenters. The zero-order valence-electron chi connectivity index (χ0n) is 84.1. The maximum atomic E-state index is 7.43. The Balaban J connectivity index is 5.36. The summed E-state index contributed by atoms with van der Waals surface area (Å²) < 4.78 is 92.3. The number of unbranched alkanes of at least 4 members (excludes halogenated alkanes) is 2. The molecule has 0 rings (SSSR count). The molecule has 0 aliphatic carbocycles. The van der Waals surface area contributed by atoms with E-state index in [9.17, 15) is 0 Å². The fraction of sp³-hybridized carbons (Fsp3) is 0.936. The number of hydrogen-bond acceptors (Lipinski definition) is 13. The maximum absolute atomic E-state index is 7.43. The molecular formula is C78H196O13Si22. The second-order valence-electron chi connectivity index (χ2n) is 48.5. The van der Waals surface area contributed by atoms with Crippen molar-refractivity contribution in [3.05, 3.63) is 31.4 Å². The predicted octanol–water partition coefficient (Wildman–Crippen LogP) is 29.6. The normalized spacial score (nSPS) is 15.2. The number of rotatable bonds is 64. The van der Waals surface area contributed by atoms with Crippen LogP contribution in [0.2, 0.25) is 415 Å². The van der Waals surface area contributed by atoms with Gasteiger partial charge in [-0.25, -0.2) is 0 Å². The van der Waals surface area contributed by atoms with Crippen LogP contribution in [0.5, 0.6) is 0 Å². The fourth-order valence-corrected chi connectivity index (χ4v) is 141. The second kappa shape index (κ2) is 45.5. The van der Waals surface area contributed by atoms with Gasteiger partial charge in [0, 0.05) is 6.61 Å². The molecule has 0 heterocycles. The summed E-state index contributed by atoms with van der Waals surface area (Å²) in [4.78, 5) is 0. The molecule has 0 N–H and O–H groups in total. The highest BCUT2D eigenvalue weighted by molar-refractivity contribution is 6.95. The Hall–Kier alpha value is 3.57. The number of hydrogen-bond donors (Lipinski definition) is 0. The lowest BCUT2D eigenvalue weighted by atomic mass is 10.3. The Bertz CT molecular complexity index is 2810. The van der Waals surface area contributed by atoms with Gasteiger partial charge in [-0.1, -0.05) is 19.6 Å². The summed E-state index contributed by atoms with van der Waals surface area (Å²) in [5.41, 5.74) is 0.895. The van der Waals surface area contributed by atoms with Gasteiger partial charge in [0.1, 0.15) is 5.76 Å². The third kappa shape index (κ3) is 58.5. The van der Waals surface area contributed by atoms with Gasteiger partial charge < -0.3 is 54.7 Å². The van der Waals surface area contributed by atoms with Crippen molar-refractivity contribution in [1.82, 2.24) is 0 Å². The number of ether oxygens (including phenoxy) is 2. The molecule has 0 aromatic rings. The van der Waals surface area contributed by atoms with Crippen molar-refractivity contribution < 1.29 is 54.7 Å². The van der Waals surface area contributed by atoms with Gasteiger partial charge in [0.15, 0.2) is 183 Å². The Morgan fingerprint density at radius 2 is 0.336 bits per heavy atom. The Morgan fingerprint density at radius 1 is 0.195 bits per heavy atom. The zero-order valence-corrected chi connectivity index (χ0v) is 106. The van der Waals surface area contributed by atoms with Crippen molar-refractivity contribution in [3.63, 3.8) is 0 Å². The van der Waals surface area contributed by atoms with Gasteiger partial charge >= 0.3 is 0 Å². The molecule has 2 radical (unpaired) electrons. The van der Waals surface area contributed by atoms with Gasteiger partial charge in [-0.15, -0.1) is 0 Å². The van der Waals surface area contributed by atoms with E-state index in [4.69, 9.17) is 61.7 Å². The Morgan fingerprint density at radius 3 is 0.478 bits per heavy atom. The first-order chi connectivity index (χ1) is 49.7. The molecule has 0 bridgehead atoms. The minimum absolute atomic E-state index is 0.681. The molecular weight excluding hydrogens is 1760 g/mol. The second-order valence-corrected chi connectivity index (χ2v) is 146. The minimum Gasteiger partial charge on any atom is -0.494 e. The summed E-state index contributed by atoms with van der Waals surface area (Å²) in [5.74, 6) is 0.697. The van der Waals surface area contributed by atoms with E-state index >= 15 is 0 Å². The lowest BCUT2D eigenvalue weighted by Gasteiger charge is -2.41. The molecule has 35 heteroatoms. The summed E-state index contributed by atoms with van der Waals surface area (Å²) >= 11 is 0. The van der Waals surface area contributed by atoms with Crippen molar-refractivity contribution in [2.45, 2.75) is 448 Å². The van der Waals surface area contributed by atoms with Crippen LogP contribution in [0.3, 0.4) is 0 Å². The maximum Gasteiger partial charge on any atom is 0.199 e. The first kappa shape index (κ1) is 117. The van der Waals surface area contributed by atoms with Crippen molar-refractivity contribution in [3.8, 4) is 0 Å². The first-order valence-electron chi connectivity index (χ1n) is 44.7. The molecule has 0 unspecified atom stereocenters. The van der Waals surface area contributed by atoms with E-state index < -0.39 is 183 Å². The van der Waals surface area contributed by atoms with Crippen LogP contribution in [0.25, 0.3) is 0 Å². The van der Waals surface area contributed by atoms with E-state index in [1.807, 2.05) is 6.92 Å². The lowest BCUT2D eigenvalue weighted by Crippen LogP contribution is -2.51. The highest BCUT2D eigenvalue weighted by Crippen LogP contribution is 2.40. The third-order valence-electron chi connectivity index (χ3n) is 22.2. The Labute approximate surface area is 729 Å². The average Bonchev–Trinajstić information content (AvgIpc) is 0.834. The standard InChI is InChI=1S/C78H196O13Si22/c1-49-50-51-53-79-76-113(47,48)91-112(45,46)75-74-111(43,44)90-110(41,42)73-72-109(39,40)89-108(37,38)71-70-107(35,36)88-106(33,34)69-68-105(31,32)87-104(29,30)67-66-103(27,28)86-102(25,26)65-64-101(23,24)85-100(21,22)63-62-99(19,20)84-98(17,18)61-60-97(15,16)83-96(13,14)59-58-95(11,12)82-94(9,10)57-56-93(7,8)81-92(5,6)55-52-54-80-78(4)77(2)3/h1H,2,4,49-76H2,3,5-48H3. The predicted molar refractivity (Wildman–Crippen MR) is 561 cm³/mol. The monoisotopic (exact) mass is 1960 g/mol. The van der Waals surface area contributed by atoms with Crippen LogP contribution < -0.4 is 0 Å². The summed E-state index contributed by atoms with van der Waals surface area (Å²) in [6.07, 6.45) is 4.53. The van der Waals surface area contributed by atoms with Crippen molar-refractivity contribution in [1.29, 1.82) is 0 Å². The van der Waals surface area contributed by atoms with Crippen molar-refractivity contribution >= 4 is 183 Å². The van der Waals surface area contributed by atoms with E-state index in [-0.39, 0.29) is 0 Å². The highest BCUT2D eigenvalue weighted by Gasteiger charge is 2.48. The quantitative estimate of drug-likeness (QED) is 0.0249. The molecule has 13 nitrogen and oxygen atoms in total. The van der Waals surface area contributed by atoms with E-state index in [0.717, 1.165) is 68.3 Å². The molecule has 0 amide bonds. The molecule has 0 aliphatic heterocycles. The van der Waals surface area contributed by atoms with Gasteiger partial charge in [0.25, 0.3) is 0 Å². The molecule has 0 saturated carbocycles.